The van der Waals surface area contributed by atoms with Gasteiger partial charge >= 0.3 is 6.18 Å². The molecule has 0 aliphatic rings. The topological polar surface area (TPSA) is 24.9 Å². The van der Waals surface area contributed by atoms with E-state index in [1.54, 1.807) is 6.07 Å². The molecule has 2 nitrogen and oxygen atoms in total. The molecule has 72 valence electrons. The summed E-state index contributed by atoms with van der Waals surface area (Å²) in [6.45, 7) is 1.06. The Labute approximate surface area is 73.8 Å². The van der Waals surface area contributed by atoms with Gasteiger partial charge in [-0.2, -0.15) is 13.2 Å². The first-order valence-corrected chi connectivity index (χ1v) is 3.73. The molecule has 0 saturated carbocycles. The zero-order valence-electron chi connectivity index (χ0n) is 6.97. The maximum absolute atomic E-state index is 12.1. The van der Waals surface area contributed by atoms with Crippen LogP contribution in [0.4, 0.5) is 18.9 Å². The van der Waals surface area contributed by atoms with Crippen LogP contribution in [0.15, 0.2) is 24.5 Å². The highest BCUT2D eigenvalue weighted by Crippen LogP contribution is 2.22. The second-order valence-corrected chi connectivity index (χ2v) is 2.65. The van der Waals surface area contributed by atoms with Crippen LogP contribution in [0.2, 0.25) is 0 Å². The highest BCUT2D eigenvalue weighted by molar-refractivity contribution is 5.40. The summed E-state index contributed by atoms with van der Waals surface area (Å²) in [5, 5.41) is 2.29. The van der Waals surface area contributed by atoms with Gasteiger partial charge in [-0.1, -0.05) is 0 Å². The number of nitrogens with zero attached hydrogens (tertiary/aromatic N) is 1. The first-order valence-electron chi connectivity index (χ1n) is 3.73. The molecule has 1 aromatic heterocycles. The lowest BCUT2D eigenvalue weighted by atomic mass is 10.3. The normalized spacial score (nSPS) is 13.8. The number of aromatic nitrogens is 1. The number of hydrogen-bond donors (Lipinski definition) is 1. The van der Waals surface area contributed by atoms with Gasteiger partial charge in [0.1, 0.15) is 6.04 Å². The van der Waals surface area contributed by atoms with Gasteiger partial charge in [-0.25, -0.2) is 0 Å². The number of nitrogens with one attached hydrogen (secondary N) is 1. The summed E-state index contributed by atoms with van der Waals surface area (Å²) in [6, 6.07) is 1.55. The third-order valence-corrected chi connectivity index (χ3v) is 1.54. The van der Waals surface area contributed by atoms with Crippen LogP contribution >= 0.6 is 0 Å². The van der Waals surface area contributed by atoms with E-state index in [9.17, 15) is 13.2 Å². The summed E-state index contributed by atoms with van der Waals surface area (Å²) in [5.41, 5.74) is 0.368. The van der Waals surface area contributed by atoms with Crippen molar-refractivity contribution in [2.24, 2.45) is 0 Å². The van der Waals surface area contributed by atoms with Crippen LogP contribution < -0.4 is 5.32 Å². The number of anilines is 1. The maximum Gasteiger partial charge on any atom is 0.408 e. The highest BCUT2D eigenvalue weighted by Gasteiger charge is 2.35. The number of rotatable bonds is 2. The van der Waals surface area contributed by atoms with E-state index in [0.717, 1.165) is 6.92 Å². The molecule has 0 unspecified atom stereocenters. The van der Waals surface area contributed by atoms with Crippen molar-refractivity contribution in [3.63, 3.8) is 0 Å². The molecule has 1 aromatic rings. The molecule has 5 heteroatoms. The minimum absolute atomic E-state index is 0.368. The number of hydrogen-bond acceptors (Lipinski definition) is 2. The van der Waals surface area contributed by atoms with Crippen LogP contribution in [-0.2, 0) is 0 Å². The van der Waals surface area contributed by atoms with E-state index in [1.807, 2.05) is 0 Å². The number of halogens is 3. The van der Waals surface area contributed by atoms with E-state index >= 15 is 0 Å². The molecule has 1 rings (SSSR count). The number of alkyl halides is 3. The monoisotopic (exact) mass is 190 g/mol. The lowest BCUT2D eigenvalue weighted by Crippen LogP contribution is -2.33. The van der Waals surface area contributed by atoms with Crippen LogP contribution in [-0.4, -0.2) is 17.2 Å². The smallest absolute Gasteiger partial charge is 0.373 e. The second kappa shape index (κ2) is 3.64. The Kier molecular flexibility index (Phi) is 2.75. The van der Waals surface area contributed by atoms with Crippen LogP contribution in [0.3, 0.4) is 0 Å². The van der Waals surface area contributed by atoms with Gasteiger partial charge in [0.2, 0.25) is 0 Å². The van der Waals surface area contributed by atoms with Crippen LogP contribution in [0.25, 0.3) is 0 Å². The summed E-state index contributed by atoms with van der Waals surface area (Å²) < 4.78 is 36.2. The van der Waals surface area contributed by atoms with Crippen LogP contribution in [0.1, 0.15) is 6.92 Å². The molecular formula is C8H9F3N2. The van der Waals surface area contributed by atoms with Crippen LogP contribution in [0, 0.1) is 0 Å². The summed E-state index contributed by atoms with van der Waals surface area (Å²) in [4.78, 5) is 3.69. The first kappa shape index (κ1) is 9.83. The Morgan fingerprint density at radius 2 is 2.15 bits per heavy atom. The van der Waals surface area contributed by atoms with Crippen molar-refractivity contribution in [3.05, 3.63) is 24.5 Å². The minimum atomic E-state index is -4.23. The predicted octanol–water partition coefficient (Wildman–Crippen LogP) is 2.44. The van der Waals surface area contributed by atoms with E-state index in [4.69, 9.17) is 0 Å². The Bertz CT molecular complexity index is 258. The Morgan fingerprint density at radius 1 is 1.46 bits per heavy atom. The third kappa shape index (κ3) is 2.93. The SMILES string of the molecule is C[C@@H](Nc1cccnc1)C(F)(F)F. The van der Waals surface area contributed by atoms with Gasteiger partial charge in [-0.15, -0.1) is 0 Å². The predicted molar refractivity (Wildman–Crippen MR) is 43.4 cm³/mol. The fourth-order valence-corrected chi connectivity index (χ4v) is 0.780. The maximum atomic E-state index is 12.1. The zero-order chi connectivity index (χ0) is 9.90. The molecule has 1 N–H and O–H groups in total. The van der Waals surface area contributed by atoms with Crippen LogP contribution in [0.5, 0.6) is 0 Å². The van der Waals surface area contributed by atoms with Crippen molar-refractivity contribution in [3.8, 4) is 0 Å². The largest absolute Gasteiger partial charge is 0.408 e. The third-order valence-electron chi connectivity index (χ3n) is 1.54. The molecule has 0 saturated heterocycles. The van der Waals surface area contributed by atoms with Gasteiger partial charge in [-0.3, -0.25) is 4.98 Å². The standard InChI is InChI=1S/C8H9F3N2/c1-6(8(9,10)11)13-7-3-2-4-12-5-7/h2-6,13H,1H3/t6-/m1/s1. The second-order valence-electron chi connectivity index (χ2n) is 2.65. The van der Waals surface area contributed by atoms with Gasteiger partial charge in [-0.05, 0) is 19.1 Å². The van der Waals surface area contributed by atoms with Crippen molar-refractivity contribution in [2.75, 3.05) is 5.32 Å². The fraction of sp³-hybridized carbons (Fsp3) is 0.375. The fourth-order valence-electron chi connectivity index (χ4n) is 0.780. The molecular weight excluding hydrogens is 181 g/mol. The van der Waals surface area contributed by atoms with Gasteiger partial charge in [0.25, 0.3) is 0 Å². The summed E-state index contributed by atoms with van der Waals surface area (Å²) in [5.74, 6) is 0. The molecule has 1 heterocycles. The zero-order valence-corrected chi connectivity index (χ0v) is 6.97. The lowest BCUT2D eigenvalue weighted by Gasteiger charge is -2.17. The van der Waals surface area contributed by atoms with E-state index in [2.05, 4.69) is 10.3 Å². The molecule has 0 spiro atoms. The van der Waals surface area contributed by atoms with Crippen molar-refractivity contribution < 1.29 is 13.2 Å². The molecule has 0 amide bonds. The van der Waals surface area contributed by atoms with Crippen molar-refractivity contribution in [1.82, 2.24) is 4.98 Å². The first-order chi connectivity index (χ1) is 6.00. The van der Waals surface area contributed by atoms with Crippen molar-refractivity contribution in [1.29, 1.82) is 0 Å². The summed E-state index contributed by atoms with van der Waals surface area (Å²) in [7, 11) is 0. The van der Waals surface area contributed by atoms with E-state index in [0.29, 0.717) is 5.69 Å². The minimum Gasteiger partial charge on any atom is -0.373 e. The lowest BCUT2D eigenvalue weighted by molar-refractivity contribution is -0.138. The Hall–Kier alpha value is -1.26. The Morgan fingerprint density at radius 3 is 2.62 bits per heavy atom. The molecule has 0 radical (unpaired) electrons. The molecule has 0 bridgehead atoms. The number of pyridine rings is 1. The van der Waals surface area contributed by atoms with E-state index in [-0.39, 0.29) is 0 Å². The molecule has 13 heavy (non-hydrogen) atoms. The summed E-state index contributed by atoms with van der Waals surface area (Å²) in [6.07, 6.45) is -1.37. The average Bonchev–Trinajstić information content (AvgIpc) is 2.04. The Balaban J connectivity index is 2.61. The van der Waals surface area contributed by atoms with Crippen molar-refractivity contribution in [2.45, 2.75) is 19.1 Å². The van der Waals surface area contributed by atoms with E-state index < -0.39 is 12.2 Å². The van der Waals surface area contributed by atoms with Gasteiger partial charge < -0.3 is 5.32 Å². The molecule has 0 fully saturated rings. The molecule has 0 aliphatic heterocycles. The van der Waals surface area contributed by atoms with Gasteiger partial charge in [0.15, 0.2) is 0 Å². The highest BCUT2D eigenvalue weighted by atomic mass is 19.4. The van der Waals surface area contributed by atoms with Gasteiger partial charge in [0.05, 0.1) is 5.69 Å². The average molecular weight is 190 g/mol. The van der Waals surface area contributed by atoms with E-state index in [1.165, 1.54) is 18.5 Å². The van der Waals surface area contributed by atoms with Crippen molar-refractivity contribution >= 4 is 5.69 Å². The summed E-state index contributed by atoms with van der Waals surface area (Å²) >= 11 is 0. The quantitative estimate of drug-likeness (QED) is 0.774. The molecule has 0 aromatic carbocycles. The molecule has 1 atom stereocenters. The molecule has 0 aliphatic carbocycles. The van der Waals surface area contributed by atoms with Gasteiger partial charge in [0, 0.05) is 12.4 Å².